The number of aryl methyl sites for hydroxylation is 1. The van der Waals surface area contributed by atoms with E-state index in [0.717, 1.165) is 0 Å². The minimum Gasteiger partial charge on any atom is -0.481 e. The molecule has 1 aromatic heterocycles. The molecule has 0 unspecified atom stereocenters. The lowest BCUT2D eigenvalue weighted by molar-refractivity contribution is -0.141. The Morgan fingerprint density at radius 1 is 1.53 bits per heavy atom. The first-order valence-corrected chi connectivity index (χ1v) is 5.53. The third-order valence-corrected chi connectivity index (χ3v) is 2.97. The Labute approximate surface area is 98.0 Å². The molecule has 1 aliphatic rings. The van der Waals surface area contributed by atoms with E-state index in [4.69, 9.17) is 9.63 Å². The number of carboxylic acids is 1. The first-order valence-electron chi connectivity index (χ1n) is 5.53. The van der Waals surface area contributed by atoms with Crippen molar-refractivity contribution in [1.82, 2.24) is 10.5 Å². The molecule has 17 heavy (non-hydrogen) atoms. The highest BCUT2D eigenvalue weighted by Gasteiger charge is 2.31. The molecular formula is C11H14N2O4. The summed E-state index contributed by atoms with van der Waals surface area (Å²) in [6.45, 7) is 1.73. The molecule has 0 aliphatic heterocycles. The zero-order valence-electron chi connectivity index (χ0n) is 9.47. The van der Waals surface area contributed by atoms with Crippen molar-refractivity contribution in [3.63, 3.8) is 0 Å². The highest BCUT2D eigenvalue weighted by Crippen LogP contribution is 2.25. The third kappa shape index (κ3) is 2.64. The van der Waals surface area contributed by atoms with Crippen LogP contribution in [0.1, 0.15) is 35.5 Å². The Balaban J connectivity index is 1.90. The van der Waals surface area contributed by atoms with Crippen LogP contribution in [0.2, 0.25) is 0 Å². The van der Waals surface area contributed by atoms with Crippen LogP contribution in [0, 0.1) is 12.8 Å². The number of carbonyl (C=O) groups is 2. The van der Waals surface area contributed by atoms with Crippen LogP contribution in [0.25, 0.3) is 0 Å². The van der Waals surface area contributed by atoms with Gasteiger partial charge >= 0.3 is 5.97 Å². The number of nitrogens with zero attached hydrogens (tertiary/aromatic N) is 1. The van der Waals surface area contributed by atoms with Gasteiger partial charge in [0.1, 0.15) is 0 Å². The van der Waals surface area contributed by atoms with Crippen LogP contribution in [0.4, 0.5) is 0 Å². The molecule has 1 aliphatic carbocycles. The molecule has 2 rings (SSSR count). The van der Waals surface area contributed by atoms with Gasteiger partial charge < -0.3 is 14.9 Å². The Hall–Kier alpha value is -1.85. The summed E-state index contributed by atoms with van der Waals surface area (Å²) in [6, 6.07) is 1.47. The summed E-state index contributed by atoms with van der Waals surface area (Å²) >= 11 is 0. The molecule has 0 spiro atoms. The van der Waals surface area contributed by atoms with E-state index in [9.17, 15) is 9.59 Å². The van der Waals surface area contributed by atoms with Gasteiger partial charge in [-0.2, -0.15) is 0 Å². The maximum atomic E-state index is 11.7. The van der Waals surface area contributed by atoms with Crippen molar-refractivity contribution >= 4 is 11.9 Å². The van der Waals surface area contributed by atoms with Crippen molar-refractivity contribution in [2.75, 3.05) is 0 Å². The second-order valence-corrected chi connectivity index (χ2v) is 4.35. The van der Waals surface area contributed by atoms with E-state index in [1.165, 1.54) is 0 Å². The first-order chi connectivity index (χ1) is 8.06. The lowest BCUT2D eigenvalue weighted by Gasteiger charge is -2.10. The number of carboxylic acid groups (broad SMARTS) is 1. The number of aromatic nitrogens is 1. The number of aliphatic carboxylic acids is 1. The number of rotatable bonds is 3. The number of amides is 1. The molecule has 1 fully saturated rings. The van der Waals surface area contributed by atoms with E-state index < -0.39 is 5.97 Å². The van der Waals surface area contributed by atoms with Gasteiger partial charge in [0.25, 0.3) is 5.91 Å². The molecule has 0 saturated heterocycles. The fraction of sp³-hybridized carbons (Fsp3) is 0.545. The highest BCUT2D eigenvalue weighted by atomic mass is 16.5. The molecule has 6 nitrogen and oxygen atoms in total. The van der Waals surface area contributed by atoms with Crippen LogP contribution >= 0.6 is 0 Å². The average molecular weight is 238 g/mol. The summed E-state index contributed by atoms with van der Waals surface area (Å²) in [5, 5.41) is 15.2. The molecule has 1 heterocycles. The zero-order valence-corrected chi connectivity index (χ0v) is 9.47. The van der Waals surface area contributed by atoms with Crippen molar-refractivity contribution in [2.45, 2.75) is 32.2 Å². The van der Waals surface area contributed by atoms with Gasteiger partial charge in [0.2, 0.25) is 5.76 Å². The quantitative estimate of drug-likeness (QED) is 0.818. The molecule has 1 saturated carbocycles. The fourth-order valence-corrected chi connectivity index (χ4v) is 2.06. The second kappa shape index (κ2) is 4.57. The van der Waals surface area contributed by atoms with E-state index >= 15 is 0 Å². The standard InChI is InChI=1S/C11H14N2O4/c1-6-4-9(17-13-6)10(14)12-8-3-2-7(5-8)11(15)16/h4,7-8H,2-3,5H2,1H3,(H,12,14)(H,15,16)/t7-,8+/m0/s1. The van der Waals surface area contributed by atoms with Crippen LogP contribution < -0.4 is 5.32 Å². The molecule has 0 bridgehead atoms. The Kier molecular flexibility index (Phi) is 3.12. The lowest BCUT2D eigenvalue weighted by atomic mass is 10.1. The summed E-state index contributed by atoms with van der Waals surface area (Å²) in [5.41, 5.74) is 0.644. The van der Waals surface area contributed by atoms with Crippen LogP contribution in [-0.2, 0) is 4.79 Å². The van der Waals surface area contributed by atoms with E-state index in [1.54, 1.807) is 13.0 Å². The predicted molar refractivity (Wildman–Crippen MR) is 57.5 cm³/mol. The van der Waals surface area contributed by atoms with E-state index in [-0.39, 0.29) is 23.6 Å². The van der Waals surface area contributed by atoms with Crippen molar-refractivity contribution in [1.29, 1.82) is 0 Å². The monoisotopic (exact) mass is 238 g/mol. The topological polar surface area (TPSA) is 92.4 Å². The van der Waals surface area contributed by atoms with E-state index in [1.807, 2.05) is 0 Å². The average Bonchev–Trinajstić information content (AvgIpc) is 2.86. The maximum absolute atomic E-state index is 11.7. The Morgan fingerprint density at radius 2 is 2.29 bits per heavy atom. The van der Waals surface area contributed by atoms with Gasteiger partial charge in [-0.3, -0.25) is 9.59 Å². The van der Waals surface area contributed by atoms with Gasteiger partial charge in [-0.25, -0.2) is 0 Å². The first kappa shape index (κ1) is 11.6. The van der Waals surface area contributed by atoms with Crippen LogP contribution in [0.5, 0.6) is 0 Å². The Bertz CT molecular complexity index is 440. The van der Waals surface area contributed by atoms with Crippen molar-refractivity contribution in [3.05, 3.63) is 17.5 Å². The van der Waals surface area contributed by atoms with Gasteiger partial charge in [0, 0.05) is 12.1 Å². The maximum Gasteiger partial charge on any atom is 0.306 e. The molecule has 6 heteroatoms. The summed E-state index contributed by atoms with van der Waals surface area (Å²) in [5.74, 6) is -1.31. The van der Waals surface area contributed by atoms with Crippen LogP contribution in [0.3, 0.4) is 0 Å². The zero-order chi connectivity index (χ0) is 12.4. The molecule has 0 aromatic carbocycles. The third-order valence-electron chi connectivity index (χ3n) is 2.97. The van der Waals surface area contributed by atoms with Gasteiger partial charge in [0.15, 0.2) is 0 Å². The van der Waals surface area contributed by atoms with E-state index in [0.29, 0.717) is 25.0 Å². The summed E-state index contributed by atoms with van der Waals surface area (Å²) in [4.78, 5) is 22.5. The highest BCUT2D eigenvalue weighted by molar-refractivity contribution is 5.91. The summed E-state index contributed by atoms with van der Waals surface area (Å²) < 4.78 is 4.83. The minimum atomic E-state index is -0.794. The normalized spacial score (nSPS) is 23.6. The largest absolute Gasteiger partial charge is 0.481 e. The smallest absolute Gasteiger partial charge is 0.306 e. The number of nitrogens with one attached hydrogen (secondary N) is 1. The lowest BCUT2D eigenvalue weighted by Crippen LogP contribution is -2.33. The van der Waals surface area contributed by atoms with Gasteiger partial charge in [-0.15, -0.1) is 0 Å². The van der Waals surface area contributed by atoms with Gasteiger partial charge in [-0.1, -0.05) is 5.16 Å². The van der Waals surface area contributed by atoms with Crippen molar-refractivity contribution in [2.24, 2.45) is 5.92 Å². The molecule has 1 amide bonds. The SMILES string of the molecule is Cc1cc(C(=O)N[C@@H]2CC[C@H](C(=O)O)C2)on1. The summed E-state index contributed by atoms with van der Waals surface area (Å²) in [6.07, 6.45) is 1.78. The van der Waals surface area contributed by atoms with Gasteiger partial charge in [-0.05, 0) is 26.2 Å². The van der Waals surface area contributed by atoms with Crippen molar-refractivity contribution in [3.8, 4) is 0 Å². The number of hydrogen-bond donors (Lipinski definition) is 2. The molecule has 1 aromatic rings. The molecule has 92 valence electrons. The molecular weight excluding hydrogens is 224 g/mol. The second-order valence-electron chi connectivity index (χ2n) is 4.35. The molecule has 2 N–H and O–H groups in total. The van der Waals surface area contributed by atoms with Gasteiger partial charge in [0.05, 0.1) is 11.6 Å². The molecule has 0 radical (unpaired) electrons. The van der Waals surface area contributed by atoms with Crippen molar-refractivity contribution < 1.29 is 19.2 Å². The molecule has 2 atom stereocenters. The predicted octanol–water partition coefficient (Wildman–Crippen LogP) is 0.966. The van der Waals surface area contributed by atoms with Crippen LogP contribution in [0.15, 0.2) is 10.6 Å². The summed E-state index contributed by atoms with van der Waals surface area (Å²) in [7, 11) is 0. The minimum absolute atomic E-state index is 0.0889. The number of hydrogen-bond acceptors (Lipinski definition) is 4. The Morgan fingerprint density at radius 3 is 2.82 bits per heavy atom. The number of carbonyl (C=O) groups excluding carboxylic acids is 1. The fourth-order valence-electron chi connectivity index (χ4n) is 2.06. The van der Waals surface area contributed by atoms with E-state index in [2.05, 4.69) is 10.5 Å². The van der Waals surface area contributed by atoms with Crippen LogP contribution in [-0.4, -0.2) is 28.2 Å².